The zero-order valence-corrected chi connectivity index (χ0v) is 11.5. The van der Waals surface area contributed by atoms with Gasteiger partial charge in [-0.2, -0.15) is 0 Å². The zero-order valence-electron chi connectivity index (χ0n) is 10.8. The largest absolute Gasteiger partial charge is 0.370 e. The molecule has 0 bridgehead atoms. The molecule has 18 heavy (non-hydrogen) atoms. The molecular weight excluding hydrogens is 244 g/mol. The Labute approximate surface area is 114 Å². The monoisotopic (exact) mass is 264 g/mol. The van der Waals surface area contributed by atoms with Crippen LogP contribution in [0.15, 0.2) is 18.2 Å². The molecule has 3 rings (SSSR count). The summed E-state index contributed by atoms with van der Waals surface area (Å²) in [6.07, 6.45) is 6.31. The summed E-state index contributed by atoms with van der Waals surface area (Å²) in [5.74, 6) is 0. The van der Waals surface area contributed by atoms with Crippen LogP contribution in [-0.4, -0.2) is 25.7 Å². The van der Waals surface area contributed by atoms with Crippen LogP contribution >= 0.6 is 11.6 Å². The van der Waals surface area contributed by atoms with Crippen LogP contribution in [0.1, 0.15) is 31.2 Å². The predicted molar refractivity (Wildman–Crippen MR) is 77.6 cm³/mol. The van der Waals surface area contributed by atoms with Crippen molar-refractivity contribution in [3.8, 4) is 0 Å². The Hall–Kier alpha value is -0.730. The number of halogens is 1. The lowest BCUT2D eigenvalue weighted by Crippen LogP contribution is -2.23. The molecule has 2 aliphatic rings. The van der Waals surface area contributed by atoms with Crippen molar-refractivity contribution in [3.05, 3.63) is 28.8 Å². The number of nitrogens with one attached hydrogen (secondary N) is 1. The number of hydrogen-bond acceptors (Lipinski definition) is 2. The third kappa shape index (κ3) is 2.65. The molecule has 1 atom stereocenters. The van der Waals surface area contributed by atoms with E-state index in [1.807, 2.05) is 0 Å². The van der Waals surface area contributed by atoms with Gasteiger partial charge in [-0.05, 0) is 56.3 Å². The normalized spacial score (nSPS) is 23.8. The van der Waals surface area contributed by atoms with Gasteiger partial charge in [-0.1, -0.05) is 17.7 Å². The molecule has 0 saturated carbocycles. The second-order valence-corrected chi connectivity index (χ2v) is 5.88. The van der Waals surface area contributed by atoms with Crippen LogP contribution in [-0.2, 0) is 6.42 Å². The van der Waals surface area contributed by atoms with E-state index in [2.05, 4.69) is 28.4 Å². The molecule has 1 aromatic carbocycles. The van der Waals surface area contributed by atoms with Gasteiger partial charge in [-0.15, -0.1) is 0 Å². The molecule has 0 amide bonds. The molecule has 2 aliphatic heterocycles. The molecule has 2 nitrogen and oxygen atoms in total. The second kappa shape index (κ2) is 5.50. The minimum Gasteiger partial charge on any atom is -0.370 e. The molecule has 0 aliphatic carbocycles. The summed E-state index contributed by atoms with van der Waals surface area (Å²) in [6.45, 7) is 3.48. The van der Waals surface area contributed by atoms with Crippen LogP contribution in [0.4, 0.5) is 5.69 Å². The minimum atomic E-state index is 0.652. The van der Waals surface area contributed by atoms with E-state index in [0.717, 1.165) is 24.5 Å². The molecule has 1 N–H and O–H groups in total. The highest BCUT2D eigenvalue weighted by molar-refractivity contribution is 6.33. The van der Waals surface area contributed by atoms with Crippen molar-refractivity contribution in [2.45, 2.75) is 38.1 Å². The van der Waals surface area contributed by atoms with Crippen LogP contribution < -0.4 is 10.2 Å². The van der Waals surface area contributed by atoms with Crippen molar-refractivity contribution in [3.63, 3.8) is 0 Å². The van der Waals surface area contributed by atoms with Gasteiger partial charge in [-0.25, -0.2) is 0 Å². The van der Waals surface area contributed by atoms with Gasteiger partial charge in [-0.3, -0.25) is 0 Å². The number of benzene rings is 1. The van der Waals surface area contributed by atoms with Crippen molar-refractivity contribution < 1.29 is 0 Å². The van der Waals surface area contributed by atoms with Gasteiger partial charge in [0, 0.05) is 19.1 Å². The van der Waals surface area contributed by atoms with Crippen molar-refractivity contribution in [1.29, 1.82) is 0 Å². The van der Waals surface area contributed by atoms with Gasteiger partial charge in [0.15, 0.2) is 0 Å². The Morgan fingerprint density at radius 1 is 1.22 bits per heavy atom. The Morgan fingerprint density at radius 3 is 2.72 bits per heavy atom. The van der Waals surface area contributed by atoms with E-state index in [0.29, 0.717) is 6.04 Å². The average molecular weight is 265 g/mol. The van der Waals surface area contributed by atoms with Crippen molar-refractivity contribution in [1.82, 2.24) is 5.32 Å². The molecule has 0 spiro atoms. The van der Waals surface area contributed by atoms with Gasteiger partial charge in [0.25, 0.3) is 0 Å². The molecule has 1 unspecified atom stereocenters. The minimum absolute atomic E-state index is 0.652. The molecule has 98 valence electrons. The van der Waals surface area contributed by atoms with E-state index in [4.69, 9.17) is 11.6 Å². The fourth-order valence-corrected chi connectivity index (χ4v) is 3.43. The third-order valence-electron chi connectivity index (χ3n) is 4.10. The maximum absolute atomic E-state index is 6.43. The number of rotatable bonds is 3. The lowest BCUT2D eigenvalue weighted by atomic mass is 10.0. The van der Waals surface area contributed by atoms with Crippen LogP contribution in [0, 0.1) is 0 Å². The van der Waals surface area contributed by atoms with Gasteiger partial charge in [0.2, 0.25) is 0 Å². The third-order valence-corrected chi connectivity index (χ3v) is 4.41. The highest BCUT2D eigenvalue weighted by Crippen LogP contribution is 2.30. The maximum atomic E-state index is 6.43. The smallest absolute Gasteiger partial charge is 0.0642 e. The summed E-state index contributed by atoms with van der Waals surface area (Å²) in [5, 5.41) is 4.46. The Bertz CT molecular complexity index is 407. The first kappa shape index (κ1) is 12.3. The van der Waals surface area contributed by atoms with Crippen LogP contribution in [0.5, 0.6) is 0 Å². The number of hydrogen-bond donors (Lipinski definition) is 1. The lowest BCUT2D eigenvalue weighted by molar-refractivity contribution is 0.603. The van der Waals surface area contributed by atoms with E-state index in [1.165, 1.54) is 43.5 Å². The summed E-state index contributed by atoms with van der Waals surface area (Å²) >= 11 is 6.43. The molecule has 2 saturated heterocycles. The fourth-order valence-electron chi connectivity index (χ4n) is 3.11. The van der Waals surface area contributed by atoms with Crippen LogP contribution in [0.25, 0.3) is 0 Å². The van der Waals surface area contributed by atoms with E-state index in [1.54, 1.807) is 0 Å². The Kier molecular flexibility index (Phi) is 3.76. The first-order chi connectivity index (χ1) is 8.83. The summed E-state index contributed by atoms with van der Waals surface area (Å²) in [4.78, 5) is 2.40. The lowest BCUT2D eigenvalue weighted by Gasteiger charge is -2.20. The van der Waals surface area contributed by atoms with Gasteiger partial charge in [0.1, 0.15) is 0 Å². The Balaban J connectivity index is 1.71. The van der Waals surface area contributed by atoms with Gasteiger partial charge in [0.05, 0.1) is 10.7 Å². The fraction of sp³-hybridized carbons (Fsp3) is 0.600. The average Bonchev–Trinajstić information content (AvgIpc) is 3.01. The van der Waals surface area contributed by atoms with Gasteiger partial charge < -0.3 is 10.2 Å². The first-order valence-electron chi connectivity index (χ1n) is 7.10. The molecule has 3 heteroatoms. The van der Waals surface area contributed by atoms with Crippen molar-refractivity contribution in [2.75, 3.05) is 24.5 Å². The summed E-state index contributed by atoms with van der Waals surface area (Å²) in [5.41, 5.74) is 2.58. The number of nitrogens with zero attached hydrogens (tertiary/aromatic N) is 1. The second-order valence-electron chi connectivity index (χ2n) is 5.48. The number of anilines is 1. The highest BCUT2D eigenvalue weighted by atomic mass is 35.5. The quantitative estimate of drug-likeness (QED) is 0.902. The zero-order chi connectivity index (χ0) is 12.4. The first-order valence-corrected chi connectivity index (χ1v) is 7.47. The summed E-state index contributed by atoms with van der Waals surface area (Å²) < 4.78 is 0. The SMILES string of the molecule is Clc1cc(CC2CCCN2)ccc1N1CCCC1. The molecule has 0 radical (unpaired) electrons. The molecule has 1 aromatic rings. The Morgan fingerprint density at radius 2 is 2.06 bits per heavy atom. The standard InChI is InChI=1S/C15H21ClN2/c16-14-11-12(10-13-4-3-7-17-13)5-6-15(14)18-8-1-2-9-18/h5-6,11,13,17H,1-4,7-10H2. The topological polar surface area (TPSA) is 15.3 Å². The van der Waals surface area contributed by atoms with E-state index < -0.39 is 0 Å². The van der Waals surface area contributed by atoms with E-state index in [9.17, 15) is 0 Å². The maximum Gasteiger partial charge on any atom is 0.0642 e. The molecule has 2 heterocycles. The van der Waals surface area contributed by atoms with Gasteiger partial charge >= 0.3 is 0 Å². The van der Waals surface area contributed by atoms with E-state index in [-0.39, 0.29) is 0 Å². The van der Waals surface area contributed by atoms with Crippen LogP contribution in [0.2, 0.25) is 5.02 Å². The molecule has 0 aromatic heterocycles. The highest BCUT2D eigenvalue weighted by Gasteiger charge is 2.17. The summed E-state index contributed by atoms with van der Waals surface area (Å²) in [6, 6.07) is 7.27. The summed E-state index contributed by atoms with van der Waals surface area (Å²) in [7, 11) is 0. The molecular formula is C15H21ClN2. The molecule has 2 fully saturated rings. The van der Waals surface area contributed by atoms with Crippen molar-refractivity contribution in [2.24, 2.45) is 0 Å². The van der Waals surface area contributed by atoms with Crippen LogP contribution in [0.3, 0.4) is 0 Å². The van der Waals surface area contributed by atoms with E-state index >= 15 is 0 Å². The predicted octanol–water partition coefficient (Wildman–Crippen LogP) is 3.23. The van der Waals surface area contributed by atoms with Crippen molar-refractivity contribution >= 4 is 17.3 Å².